The number of amides is 1. The number of nitrogens with one attached hydrogen (secondary N) is 1. The minimum Gasteiger partial charge on any atom is -0.396 e. The average molecular weight is 294 g/mol. The summed E-state index contributed by atoms with van der Waals surface area (Å²) in [5.41, 5.74) is 0.415. The predicted octanol–water partition coefficient (Wildman–Crippen LogP) is 2.39. The fourth-order valence-electron chi connectivity index (χ4n) is 2.03. The van der Waals surface area contributed by atoms with Gasteiger partial charge in [-0.15, -0.1) is 0 Å². The third-order valence-corrected chi connectivity index (χ3v) is 3.20. The van der Waals surface area contributed by atoms with Crippen LogP contribution in [0.1, 0.15) is 50.0 Å². The van der Waals surface area contributed by atoms with Crippen molar-refractivity contribution < 1.29 is 14.8 Å². The Hall–Kier alpha value is -1.95. The summed E-state index contributed by atoms with van der Waals surface area (Å²) < 4.78 is 0. The van der Waals surface area contributed by atoms with Crippen LogP contribution < -0.4 is 5.32 Å². The van der Waals surface area contributed by atoms with Gasteiger partial charge in [-0.2, -0.15) is 0 Å². The minimum atomic E-state index is -0.464. The molecule has 6 heteroatoms. The minimum absolute atomic E-state index is 0.0233. The molecular formula is C15H22N2O4. The first kappa shape index (κ1) is 17.1. The fourth-order valence-corrected chi connectivity index (χ4v) is 2.03. The molecule has 116 valence electrons. The first-order chi connectivity index (χ1) is 9.66. The molecule has 1 rings (SSSR count). The molecule has 0 saturated carbocycles. The molecule has 6 nitrogen and oxygen atoms in total. The van der Waals surface area contributed by atoms with E-state index in [9.17, 15) is 14.9 Å². The van der Waals surface area contributed by atoms with Crippen molar-refractivity contribution in [2.24, 2.45) is 0 Å². The summed E-state index contributed by atoms with van der Waals surface area (Å²) in [5, 5.41) is 22.7. The van der Waals surface area contributed by atoms with E-state index in [0.717, 1.165) is 0 Å². The van der Waals surface area contributed by atoms with E-state index in [1.165, 1.54) is 6.07 Å². The van der Waals surface area contributed by atoms with Gasteiger partial charge >= 0.3 is 0 Å². The molecule has 1 aromatic rings. The van der Waals surface area contributed by atoms with E-state index in [0.29, 0.717) is 12.0 Å². The largest absolute Gasteiger partial charge is 0.396 e. The molecule has 0 aliphatic rings. The lowest BCUT2D eigenvalue weighted by molar-refractivity contribution is -0.386. The number of hydrogen-bond donors (Lipinski definition) is 2. The highest BCUT2D eigenvalue weighted by Gasteiger charge is 2.26. The molecule has 1 aromatic carbocycles. The third-order valence-electron chi connectivity index (χ3n) is 3.20. The van der Waals surface area contributed by atoms with Gasteiger partial charge in [-0.25, -0.2) is 0 Å². The van der Waals surface area contributed by atoms with Crippen molar-refractivity contribution in [2.45, 2.75) is 45.6 Å². The van der Waals surface area contributed by atoms with Gasteiger partial charge in [-0.3, -0.25) is 14.9 Å². The van der Waals surface area contributed by atoms with Gasteiger partial charge in [0, 0.05) is 29.8 Å². The summed E-state index contributed by atoms with van der Waals surface area (Å²) in [6.45, 7) is 7.41. The summed E-state index contributed by atoms with van der Waals surface area (Å²) in [7, 11) is 0. The molecule has 0 spiro atoms. The van der Waals surface area contributed by atoms with Crippen molar-refractivity contribution in [3.05, 3.63) is 39.4 Å². The van der Waals surface area contributed by atoms with Gasteiger partial charge in [-0.05, 0) is 24.8 Å². The number of nitrogens with zero attached hydrogens (tertiary/aromatic N) is 1. The van der Waals surface area contributed by atoms with Gasteiger partial charge < -0.3 is 10.4 Å². The molecule has 0 radical (unpaired) electrons. The Bertz CT molecular complexity index is 535. The normalized spacial score (nSPS) is 12.8. The average Bonchev–Trinajstić information content (AvgIpc) is 2.37. The van der Waals surface area contributed by atoms with Crippen molar-refractivity contribution >= 4 is 11.6 Å². The lowest BCUT2D eigenvalue weighted by atomic mass is 9.85. The zero-order valence-electron chi connectivity index (χ0n) is 12.8. The Morgan fingerprint density at radius 2 is 2.05 bits per heavy atom. The van der Waals surface area contributed by atoms with E-state index in [4.69, 9.17) is 5.11 Å². The molecule has 0 fully saturated rings. The van der Waals surface area contributed by atoms with Crippen LogP contribution in [0.5, 0.6) is 0 Å². The molecule has 0 aliphatic heterocycles. The van der Waals surface area contributed by atoms with Crippen LogP contribution in [0.4, 0.5) is 5.69 Å². The number of hydrogen-bond acceptors (Lipinski definition) is 4. The van der Waals surface area contributed by atoms with E-state index < -0.39 is 4.92 Å². The number of aliphatic hydroxyl groups excluding tert-OH is 1. The molecule has 0 saturated heterocycles. The topological polar surface area (TPSA) is 92.5 Å². The lowest BCUT2D eigenvalue weighted by Gasteiger charge is -2.19. The van der Waals surface area contributed by atoms with Gasteiger partial charge in [0.2, 0.25) is 0 Å². The number of rotatable bonds is 5. The molecular weight excluding hydrogens is 272 g/mol. The summed E-state index contributed by atoms with van der Waals surface area (Å²) in [6.07, 6.45) is 0.438. The van der Waals surface area contributed by atoms with Crippen molar-refractivity contribution in [2.75, 3.05) is 6.61 Å². The lowest BCUT2D eigenvalue weighted by Crippen LogP contribution is -2.33. The van der Waals surface area contributed by atoms with Crippen LogP contribution in [-0.2, 0) is 5.41 Å². The second-order valence-corrected chi connectivity index (χ2v) is 6.13. The Morgan fingerprint density at radius 1 is 1.43 bits per heavy atom. The number of aliphatic hydroxyl groups is 1. The van der Waals surface area contributed by atoms with Gasteiger partial charge in [0.15, 0.2) is 0 Å². The molecule has 2 N–H and O–H groups in total. The van der Waals surface area contributed by atoms with Crippen LogP contribution >= 0.6 is 0 Å². The quantitative estimate of drug-likeness (QED) is 0.644. The van der Waals surface area contributed by atoms with Crippen LogP contribution in [0, 0.1) is 10.1 Å². The molecule has 0 aliphatic carbocycles. The number of nitro groups is 1. The SMILES string of the molecule is CC(CCO)NC(=O)c1ccc(C(C)(C)C)c([N+](=O)[O-])c1. The molecule has 0 heterocycles. The molecule has 0 bridgehead atoms. The Labute approximate surface area is 124 Å². The molecule has 1 amide bonds. The Kier molecular flexibility index (Phi) is 5.43. The van der Waals surface area contributed by atoms with E-state index in [-0.39, 0.29) is 35.2 Å². The Balaban J connectivity index is 3.09. The molecule has 1 unspecified atom stereocenters. The monoisotopic (exact) mass is 294 g/mol. The first-order valence-electron chi connectivity index (χ1n) is 6.87. The second kappa shape index (κ2) is 6.67. The molecule has 0 aromatic heterocycles. The maximum absolute atomic E-state index is 12.1. The summed E-state index contributed by atoms with van der Waals surface area (Å²) in [4.78, 5) is 22.8. The van der Waals surface area contributed by atoms with E-state index in [1.807, 2.05) is 20.8 Å². The van der Waals surface area contributed by atoms with Crippen LogP contribution in [0.25, 0.3) is 0 Å². The highest BCUT2D eigenvalue weighted by molar-refractivity contribution is 5.95. The van der Waals surface area contributed by atoms with Gasteiger partial charge in [0.25, 0.3) is 11.6 Å². The van der Waals surface area contributed by atoms with Gasteiger partial charge in [-0.1, -0.05) is 26.8 Å². The number of carbonyl (C=O) groups is 1. The number of nitro benzene ring substituents is 1. The summed E-state index contributed by atoms with van der Waals surface area (Å²) in [5.74, 6) is -0.375. The summed E-state index contributed by atoms with van der Waals surface area (Å²) in [6, 6.07) is 4.34. The van der Waals surface area contributed by atoms with Crippen LogP contribution in [0.3, 0.4) is 0 Å². The summed E-state index contributed by atoms with van der Waals surface area (Å²) >= 11 is 0. The third kappa shape index (κ3) is 4.53. The van der Waals surface area contributed by atoms with Crippen LogP contribution in [-0.4, -0.2) is 28.6 Å². The maximum Gasteiger partial charge on any atom is 0.273 e. The van der Waals surface area contributed by atoms with Gasteiger partial charge in [0.05, 0.1) is 4.92 Å². The number of carbonyl (C=O) groups excluding carboxylic acids is 1. The predicted molar refractivity (Wildman–Crippen MR) is 80.4 cm³/mol. The highest BCUT2D eigenvalue weighted by Crippen LogP contribution is 2.31. The molecule has 1 atom stereocenters. The fraction of sp³-hybridized carbons (Fsp3) is 0.533. The van der Waals surface area contributed by atoms with E-state index in [1.54, 1.807) is 19.1 Å². The second-order valence-electron chi connectivity index (χ2n) is 6.13. The van der Waals surface area contributed by atoms with Crippen molar-refractivity contribution in [3.63, 3.8) is 0 Å². The van der Waals surface area contributed by atoms with Crippen molar-refractivity contribution in [1.82, 2.24) is 5.32 Å². The zero-order valence-corrected chi connectivity index (χ0v) is 12.8. The van der Waals surface area contributed by atoms with Crippen molar-refractivity contribution in [3.8, 4) is 0 Å². The van der Waals surface area contributed by atoms with E-state index >= 15 is 0 Å². The van der Waals surface area contributed by atoms with E-state index in [2.05, 4.69) is 5.32 Å². The standard InChI is InChI=1S/C15H22N2O4/c1-10(7-8-18)16-14(19)11-5-6-12(15(2,3)4)13(9-11)17(20)21/h5-6,9-10,18H,7-8H2,1-4H3,(H,16,19). The first-order valence-corrected chi connectivity index (χ1v) is 6.87. The number of benzene rings is 1. The van der Waals surface area contributed by atoms with Crippen LogP contribution in [0.2, 0.25) is 0 Å². The van der Waals surface area contributed by atoms with Crippen LogP contribution in [0.15, 0.2) is 18.2 Å². The Morgan fingerprint density at radius 3 is 2.52 bits per heavy atom. The maximum atomic E-state index is 12.1. The smallest absolute Gasteiger partial charge is 0.273 e. The van der Waals surface area contributed by atoms with Gasteiger partial charge in [0.1, 0.15) is 0 Å². The highest BCUT2D eigenvalue weighted by atomic mass is 16.6. The zero-order chi connectivity index (χ0) is 16.2. The molecule has 21 heavy (non-hydrogen) atoms. The van der Waals surface area contributed by atoms with Crippen molar-refractivity contribution in [1.29, 1.82) is 0 Å².